The highest BCUT2D eigenvalue weighted by Gasteiger charge is 2.17. The lowest BCUT2D eigenvalue weighted by molar-refractivity contribution is -0.384. The van der Waals surface area contributed by atoms with Gasteiger partial charge in [0.05, 0.1) is 22.9 Å². The van der Waals surface area contributed by atoms with Crippen molar-refractivity contribution in [2.45, 2.75) is 13.0 Å². The second kappa shape index (κ2) is 5.62. The summed E-state index contributed by atoms with van der Waals surface area (Å²) in [6.45, 7) is 1.85. The molecule has 0 aliphatic heterocycles. The first kappa shape index (κ1) is 13.2. The number of hydrogen-bond donors (Lipinski definition) is 1. The molecule has 0 aliphatic carbocycles. The van der Waals surface area contributed by atoms with E-state index in [0.717, 1.165) is 0 Å². The maximum absolute atomic E-state index is 11.0. The number of anilines is 1. The van der Waals surface area contributed by atoms with Gasteiger partial charge in [-0.2, -0.15) is 0 Å². The maximum Gasteiger partial charge on any atom is 0.293 e. The fourth-order valence-corrected chi connectivity index (χ4v) is 1.79. The summed E-state index contributed by atoms with van der Waals surface area (Å²) in [7, 11) is 0. The predicted molar refractivity (Wildman–Crippen MR) is 72.2 cm³/mol. The molecule has 1 aromatic heterocycles. The minimum absolute atomic E-state index is 0.0664. The van der Waals surface area contributed by atoms with Crippen LogP contribution < -0.4 is 5.32 Å². The Labute approximate surface area is 114 Å². The van der Waals surface area contributed by atoms with Gasteiger partial charge in [0.2, 0.25) is 0 Å². The highest BCUT2D eigenvalue weighted by atomic mass is 35.5. The number of nitro groups is 1. The van der Waals surface area contributed by atoms with Gasteiger partial charge in [0.1, 0.15) is 5.69 Å². The molecule has 7 heteroatoms. The van der Waals surface area contributed by atoms with Gasteiger partial charge in [0.25, 0.3) is 5.69 Å². The third kappa shape index (κ3) is 3.17. The van der Waals surface area contributed by atoms with E-state index in [1.807, 2.05) is 6.92 Å². The van der Waals surface area contributed by atoms with Gasteiger partial charge in [-0.05, 0) is 19.1 Å². The second-order valence-corrected chi connectivity index (χ2v) is 4.35. The highest BCUT2D eigenvalue weighted by molar-refractivity contribution is 6.30. The number of nitrogens with zero attached hydrogens (tertiary/aromatic N) is 3. The number of benzene rings is 1. The molecule has 2 aromatic rings. The molecule has 1 aromatic carbocycles. The van der Waals surface area contributed by atoms with E-state index in [1.165, 1.54) is 6.07 Å². The molecule has 0 spiro atoms. The number of aromatic nitrogens is 2. The maximum atomic E-state index is 11.0. The molecule has 0 amide bonds. The van der Waals surface area contributed by atoms with Gasteiger partial charge >= 0.3 is 0 Å². The molecule has 0 aliphatic rings. The molecule has 0 bridgehead atoms. The van der Waals surface area contributed by atoms with Gasteiger partial charge in [0.15, 0.2) is 0 Å². The van der Waals surface area contributed by atoms with Crippen LogP contribution in [-0.4, -0.2) is 14.9 Å². The van der Waals surface area contributed by atoms with Gasteiger partial charge in [-0.3, -0.25) is 20.1 Å². The summed E-state index contributed by atoms with van der Waals surface area (Å²) >= 11 is 5.76. The molecule has 0 radical (unpaired) electrons. The van der Waals surface area contributed by atoms with E-state index >= 15 is 0 Å². The zero-order valence-corrected chi connectivity index (χ0v) is 10.8. The molecule has 19 heavy (non-hydrogen) atoms. The van der Waals surface area contributed by atoms with Gasteiger partial charge in [-0.15, -0.1) is 0 Å². The molecule has 98 valence electrons. The molecule has 1 heterocycles. The van der Waals surface area contributed by atoms with Crippen LogP contribution in [0.15, 0.2) is 36.8 Å². The van der Waals surface area contributed by atoms with Crippen molar-refractivity contribution in [3.05, 3.63) is 57.6 Å². The lowest BCUT2D eigenvalue weighted by Crippen LogP contribution is -2.10. The first-order chi connectivity index (χ1) is 9.08. The second-order valence-electron chi connectivity index (χ2n) is 3.91. The monoisotopic (exact) mass is 278 g/mol. The molecule has 0 saturated heterocycles. The van der Waals surface area contributed by atoms with Crippen LogP contribution in [0.25, 0.3) is 0 Å². The molecular weight excluding hydrogens is 268 g/mol. The SMILES string of the molecule is CC(Nc1ccc(Cl)cc1[N+](=O)[O-])c1cnccn1. The summed E-state index contributed by atoms with van der Waals surface area (Å²) in [4.78, 5) is 18.6. The molecule has 6 nitrogen and oxygen atoms in total. The smallest absolute Gasteiger partial charge is 0.293 e. The summed E-state index contributed by atoms with van der Waals surface area (Å²) in [6, 6.07) is 4.29. The number of nitro benzene ring substituents is 1. The van der Waals surface area contributed by atoms with E-state index < -0.39 is 4.92 Å². The number of halogens is 1. The van der Waals surface area contributed by atoms with Crippen molar-refractivity contribution in [1.29, 1.82) is 0 Å². The Kier molecular flexibility index (Phi) is 3.91. The van der Waals surface area contributed by atoms with Gasteiger partial charge in [-0.1, -0.05) is 11.6 Å². The van der Waals surface area contributed by atoms with E-state index in [2.05, 4.69) is 15.3 Å². The van der Waals surface area contributed by atoms with Crippen molar-refractivity contribution < 1.29 is 4.92 Å². The van der Waals surface area contributed by atoms with Gasteiger partial charge in [-0.25, -0.2) is 0 Å². The minimum atomic E-state index is -0.475. The van der Waals surface area contributed by atoms with Crippen LogP contribution in [0.1, 0.15) is 18.7 Å². The van der Waals surface area contributed by atoms with E-state index in [9.17, 15) is 10.1 Å². The van der Waals surface area contributed by atoms with Crippen LogP contribution in [0.4, 0.5) is 11.4 Å². The third-order valence-corrected chi connectivity index (χ3v) is 2.79. The van der Waals surface area contributed by atoms with Gasteiger partial charge in [0, 0.05) is 23.5 Å². The average Bonchev–Trinajstić information content (AvgIpc) is 2.41. The lowest BCUT2D eigenvalue weighted by Gasteiger charge is -2.14. The van der Waals surface area contributed by atoms with Crippen molar-refractivity contribution in [1.82, 2.24) is 9.97 Å². The van der Waals surface area contributed by atoms with Crippen LogP contribution in [0.5, 0.6) is 0 Å². The first-order valence-electron chi connectivity index (χ1n) is 5.54. The Hall–Kier alpha value is -2.21. The largest absolute Gasteiger partial charge is 0.371 e. The van der Waals surface area contributed by atoms with E-state index in [-0.39, 0.29) is 11.7 Å². The minimum Gasteiger partial charge on any atom is -0.371 e. The van der Waals surface area contributed by atoms with Crippen LogP contribution >= 0.6 is 11.6 Å². The Morgan fingerprint density at radius 1 is 1.42 bits per heavy atom. The quantitative estimate of drug-likeness (QED) is 0.686. The fourth-order valence-electron chi connectivity index (χ4n) is 1.62. The topological polar surface area (TPSA) is 81.0 Å². The zero-order chi connectivity index (χ0) is 13.8. The lowest BCUT2D eigenvalue weighted by atomic mass is 10.2. The van der Waals surface area contributed by atoms with Crippen LogP contribution in [0.3, 0.4) is 0 Å². The van der Waals surface area contributed by atoms with Crippen molar-refractivity contribution in [2.24, 2.45) is 0 Å². The molecule has 0 saturated carbocycles. The Bertz CT molecular complexity index is 592. The standard InChI is InChI=1S/C12H11ClN4O2/c1-8(11-7-14-4-5-15-11)16-10-3-2-9(13)6-12(10)17(18)19/h2-8,16H,1H3. The van der Waals surface area contributed by atoms with Crippen molar-refractivity contribution in [3.63, 3.8) is 0 Å². The fraction of sp³-hybridized carbons (Fsp3) is 0.167. The van der Waals surface area contributed by atoms with Crippen LogP contribution in [0, 0.1) is 10.1 Å². The summed E-state index contributed by atoms with van der Waals surface area (Å²) < 4.78 is 0. The summed E-state index contributed by atoms with van der Waals surface area (Å²) in [5, 5.41) is 14.3. The number of rotatable bonds is 4. The van der Waals surface area contributed by atoms with Crippen LogP contribution in [-0.2, 0) is 0 Å². The Morgan fingerprint density at radius 2 is 2.21 bits per heavy atom. The molecule has 0 fully saturated rings. The summed E-state index contributed by atoms with van der Waals surface area (Å²) in [5.74, 6) is 0. The molecular formula is C12H11ClN4O2. The van der Waals surface area contributed by atoms with E-state index in [0.29, 0.717) is 16.4 Å². The Morgan fingerprint density at radius 3 is 2.84 bits per heavy atom. The first-order valence-corrected chi connectivity index (χ1v) is 5.92. The number of nitrogens with one attached hydrogen (secondary N) is 1. The predicted octanol–water partition coefficient (Wildman–Crippen LogP) is 3.21. The highest BCUT2D eigenvalue weighted by Crippen LogP contribution is 2.30. The van der Waals surface area contributed by atoms with Crippen LogP contribution in [0.2, 0.25) is 5.02 Å². The van der Waals surface area contributed by atoms with Crippen molar-refractivity contribution in [3.8, 4) is 0 Å². The van der Waals surface area contributed by atoms with E-state index in [4.69, 9.17) is 11.6 Å². The molecule has 1 unspecified atom stereocenters. The summed E-state index contributed by atoms with van der Waals surface area (Å²) in [5.41, 5.74) is 1.03. The van der Waals surface area contributed by atoms with Crippen molar-refractivity contribution in [2.75, 3.05) is 5.32 Å². The summed E-state index contributed by atoms with van der Waals surface area (Å²) in [6.07, 6.45) is 4.75. The third-order valence-electron chi connectivity index (χ3n) is 2.56. The molecule has 1 atom stereocenters. The molecule has 1 N–H and O–H groups in total. The zero-order valence-electron chi connectivity index (χ0n) is 10.1. The van der Waals surface area contributed by atoms with E-state index in [1.54, 1.807) is 30.7 Å². The van der Waals surface area contributed by atoms with Gasteiger partial charge < -0.3 is 5.32 Å². The van der Waals surface area contributed by atoms with Crippen molar-refractivity contribution >= 4 is 23.0 Å². The average molecular weight is 279 g/mol. The normalized spacial score (nSPS) is 11.9. The Balaban J connectivity index is 2.26. The molecule has 2 rings (SSSR count). The number of hydrogen-bond acceptors (Lipinski definition) is 5.